The highest BCUT2D eigenvalue weighted by molar-refractivity contribution is 7.91. The van der Waals surface area contributed by atoms with Crippen molar-refractivity contribution in [2.45, 2.75) is 38.6 Å². The molecule has 1 unspecified atom stereocenters. The average molecular weight is 404 g/mol. The first-order valence-electron chi connectivity index (χ1n) is 7.79. The number of nitrogens with zero attached hydrogens (tertiary/aromatic N) is 2. The summed E-state index contributed by atoms with van der Waals surface area (Å²) >= 11 is -2.19. The number of alkyl halides is 3. The Kier molecular flexibility index (Phi) is 5.53. The quantitative estimate of drug-likeness (QED) is 0.610. The maximum Gasteiger partial charge on any atom is 0.438 e. The van der Waals surface area contributed by atoms with Crippen molar-refractivity contribution in [3.63, 3.8) is 0 Å². The summed E-state index contributed by atoms with van der Waals surface area (Å²) in [4.78, 5) is 11.4. The van der Waals surface area contributed by atoms with Crippen molar-refractivity contribution in [1.82, 2.24) is 4.57 Å². The highest BCUT2D eigenvalue weighted by atomic mass is 32.2. The van der Waals surface area contributed by atoms with Crippen LogP contribution in [0.4, 0.5) is 18.0 Å². The smallest absolute Gasteiger partial charge is 0.438 e. The molecule has 1 atom stereocenters. The molecule has 2 aromatic rings. The summed E-state index contributed by atoms with van der Waals surface area (Å²) < 4.78 is 62.1. The Morgan fingerprint density at radius 2 is 1.93 bits per heavy atom. The number of aryl methyl sites for hydroxylation is 1. The zero-order chi connectivity index (χ0) is 20.7. The summed E-state index contributed by atoms with van der Waals surface area (Å²) in [7, 11) is 1.20. The van der Waals surface area contributed by atoms with Crippen molar-refractivity contribution in [3.8, 4) is 5.75 Å². The molecule has 0 saturated heterocycles. The summed E-state index contributed by atoms with van der Waals surface area (Å²) in [5, 5.41) is 9.29. The van der Waals surface area contributed by atoms with E-state index < -0.39 is 39.7 Å². The number of hydrogen-bond acceptors (Lipinski definition) is 4. The minimum absolute atomic E-state index is 0.00349. The van der Waals surface area contributed by atoms with E-state index in [1.165, 1.54) is 40.0 Å². The topological polar surface area (TPSA) is 86.9 Å². The fraction of sp³-hybridized carbons (Fsp3) is 0.412. The van der Waals surface area contributed by atoms with E-state index >= 15 is 0 Å². The van der Waals surface area contributed by atoms with Crippen molar-refractivity contribution < 1.29 is 32.4 Å². The summed E-state index contributed by atoms with van der Waals surface area (Å²) in [6.07, 6.45) is -5.12. The highest BCUT2D eigenvalue weighted by Crippen LogP contribution is 2.37. The Bertz CT molecular complexity index is 914. The maximum absolute atomic E-state index is 13.8. The second-order valence-corrected chi connectivity index (χ2v) is 8.71. The third-order valence-corrected chi connectivity index (χ3v) is 5.15. The molecule has 1 aromatic heterocycles. The molecule has 1 N–H and O–H groups in total. The van der Waals surface area contributed by atoms with Crippen LogP contribution < -0.4 is 4.74 Å². The summed E-state index contributed by atoms with van der Waals surface area (Å²) in [5.41, 5.74) is -1.32. The van der Waals surface area contributed by atoms with E-state index in [0.29, 0.717) is 5.56 Å². The molecule has 0 aliphatic rings. The van der Waals surface area contributed by atoms with Gasteiger partial charge in [-0.05, 0) is 45.4 Å². The Hall–Kier alpha value is -2.20. The van der Waals surface area contributed by atoms with Crippen LogP contribution in [0.2, 0.25) is 0 Å². The normalized spacial score (nSPS) is 14.5. The van der Waals surface area contributed by atoms with Gasteiger partial charge >= 0.3 is 12.3 Å². The Morgan fingerprint density at radius 1 is 1.33 bits per heavy atom. The number of methoxy groups -OCH3 is 1. The lowest BCUT2D eigenvalue weighted by Gasteiger charge is -2.21. The number of carboxylic acid groups (broad SMARTS) is 1. The van der Waals surface area contributed by atoms with E-state index in [4.69, 9.17) is 4.74 Å². The second kappa shape index (κ2) is 7.08. The summed E-state index contributed by atoms with van der Waals surface area (Å²) in [5.74, 6) is -0.134. The van der Waals surface area contributed by atoms with Crippen molar-refractivity contribution >= 4 is 34.1 Å². The molecule has 27 heavy (non-hydrogen) atoms. The molecule has 0 amide bonds. The second-order valence-electron chi connectivity index (χ2n) is 6.80. The van der Waals surface area contributed by atoms with Gasteiger partial charge in [-0.15, -0.1) is 0 Å². The summed E-state index contributed by atoms with van der Waals surface area (Å²) in [6, 6.07) is 2.55. The van der Waals surface area contributed by atoms with Gasteiger partial charge in [0.15, 0.2) is 0 Å². The molecule has 2 rings (SSSR count). The monoisotopic (exact) mass is 404 g/mol. The first-order chi connectivity index (χ1) is 12.3. The highest BCUT2D eigenvalue weighted by Gasteiger charge is 2.43. The largest absolute Gasteiger partial charge is 0.591 e. The fourth-order valence-corrected chi connectivity index (χ4v) is 3.16. The Morgan fingerprint density at radius 3 is 2.37 bits per heavy atom. The van der Waals surface area contributed by atoms with Gasteiger partial charge in [-0.2, -0.15) is 13.2 Å². The number of carbonyl (C=O) groups is 1. The molecule has 0 fully saturated rings. The lowest BCUT2D eigenvalue weighted by atomic mass is 10.0. The van der Waals surface area contributed by atoms with Crippen LogP contribution in [0.1, 0.15) is 31.9 Å². The van der Waals surface area contributed by atoms with Gasteiger partial charge in [-0.1, -0.05) is 4.40 Å². The zero-order valence-corrected chi connectivity index (χ0v) is 16.2. The third-order valence-electron chi connectivity index (χ3n) is 3.75. The van der Waals surface area contributed by atoms with Crippen LogP contribution in [0.5, 0.6) is 5.75 Å². The fourth-order valence-electron chi connectivity index (χ4n) is 2.53. The van der Waals surface area contributed by atoms with E-state index in [0.717, 1.165) is 10.8 Å². The van der Waals surface area contributed by atoms with Gasteiger partial charge in [0.25, 0.3) is 0 Å². The lowest BCUT2D eigenvalue weighted by Crippen LogP contribution is -2.32. The number of rotatable bonds is 3. The van der Waals surface area contributed by atoms with E-state index in [9.17, 15) is 27.6 Å². The van der Waals surface area contributed by atoms with Crippen LogP contribution in [0.3, 0.4) is 0 Å². The van der Waals surface area contributed by atoms with Gasteiger partial charge in [0.05, 0.1) is 18.2 Å². The van der Waals surface area contributed by atoms with E-state index in [1.807, 2.05) is 0 Å². The van der Waals surface area contributed by atoms with Gasteiger partial charge < -0.3 is 14.4 Å². The van der Waals surface area contributed by atoms with Crippen molar-refractivity contribution in [1.29, 1.82) is 0 Å². The van der Waals surface area contributed by atoms with Crippen LogP contribution in [0.25, 0.3) is 10.9 Å². The first-order valence-corrected chi connectivity index (χ1v) is 8.90. The number of halogens is 3. The van der Waals surface area contributed by atoms with Crippen LogP contribution in [0, 0.1) is 6.92 Å². The third kappa shape index (κ3) is 4.06. The molecule has 0 aliphatic carbocycles. The van der Waals surface area contributed by atoms with Crippen molar-refractivity contribution in [2.75, 3.05) is 7.11 Å². The molecule has 6 nitrogen and oxygen atoms in total. The minimum atomic E-state index is -4.93. The minimum Gasteiger partial charge on any atom is -0.591 e. The van der Waals surface area contributed by atoms with Crippen molar-refractivity contribution in [2.24, 2.45) is 4.40 Å². The predicted octanol–water partition coefficient (Wildman–Crippen LogP) is 4.30. The molecule has 0 aliphatic heterocycles. The molecule has 10 heteroatoms. The first kappa shape index (κ1) is 21.1. The molecule has 1 heterocycles. The van der Waals surface area contributed by atoms with Crippen LogP contribution in [-0.2, 0) is 11.4 Å². The molecular weight excluding hydrogens is 385 g/mol. The number of ether oxygens (including phenoxy) is 1. The van der Waals surface area contributed by atoms with Gasteiger partial charge in [-0.25, -0.2) is 4.79 Å². The molecule has 0 radical (unpaired) electrons. The molecule has 0 spiro atoms. The maximum atomic E-state index is 13.8. The standard InChI is InChI=1S/C17H19F3N2O4S/c1-9-8-11(26-5)12(10-6-7-22(13(9)10)15(23)24)14(17(18,19)20)21-27(25)16(2,3)4/h6-8H,1-5H3,(H,23,24)/b21-14+. The molecule has 0 saturated carbocycles. The van der Waals surface area contributed by atoms with Crippen molar-refractivity contribution in [3.05, 3.63) is 29.5 Å². The van der Waals surface area contributed by atoms with E-state index in [-0.39, 0.29) is 16.7 Å². The van der Waals surface area contributed by atoms with Gasteiger partial charge in [0.1, 0.15) is 21.9 Å². The molecule has 148 valence electrons. The van der Waals surface area contributed by atoms with Gasteiger partial charge in [0, 0.05) is 11.6 Å². The van der Waals surface area contributed by atoms with Gasteiger partial charge in [-0.3, -0.25) is 4.57 Å². The average Bonchev–Trinajstić information content (AvgIpc) is 2.96. The Labute approximate surface area is 157 Å². The summed E-state index contributed by atoms with van der Waals surface area (Å²) in [6.45, 7) is 6.07. The zero-order valence-electron chi connectivity index (χ0n) is 15.3. The number of benzene rings is 1. The van der Waals surface area contributed by atoms with Crippen LogP contribution in [-0.4, -0.2) is 44.1 Å². The molecular formula is C17H19F3N2O4S. The molecule has 1 aromatic carbocycles. The Balaban J connectivity index is 2.93. The van der Waals surface area contributed by atoms with Crippen LogP contribution >= 0.6 is 0 Å². The number of aromatic nitrogens is 1. The van der Waals surface area contributed by atoms with E-state index in [2.05, 4.69) is 4.40 Å². The van der Waals surface area contributed by atoms with Crippen LogP contribution in [0.15, 0.2) is 22.7 Å². The SMILES string of the molecule is COc1cc(C)c2c(ccn2C(=O)O)c1/C(=N\[S+]([O-])C(C)(C)C)C(F)(F)F. The van der Waals surface area contributed by atoms with E-state index in [1.54, 1.807) is 6.92 Å². The lowest BCUT2D eigenvalue weighted by molar-refractivity contribution is -0.0579. The van der Waals surface area contributed by atoms with Gasteiger partial charge in [0.2, 0.25) is 5.71 Å². The number of fused-ring (bicyclic) bond motifs is 1. The predicted molar refractivity (Wildman–Crippen MR) is 97.1 cm³/mol. The molecule has 0 bridgehead atoms. The number of hydrogen-bond donors (Lipinski definition) is 1.